The van der Waals surface area contributed by atoms with Crippen molar-refractivity contribution in [2.45, 2.75) is 20.4 Å². The highest BCUT2D eigenvalue weighted by Crippen LogP contribution is 2.22. The van der Waals surface area contributed by atoms with Crippen molar-refractivity contribution in [1.29, 1.82) is 0 Å². The number of nitrogens with zero attached hydrogens (tertiary/aromatic N) is 4. The molecule has 0 atom stereocenters. The number of nitrogens with one attached hydrogen (secondary N) is 1. The van der Waals surface area contributed by atoms with Crippen LogP contribution in [0.25, 0.3) is 5.78 Å². The lowest BCUT2D eigenvalue weighted by molar-refractivity contribution is 0.0983. The van der Waals surface area contributed by atoms with Crippen LogP contribution in [-0.2, 0) is 6.54 Å². The van der Waals surface area contributed by atoms with Crippen molar-refractivity contribution in [2.75, 3.05) is 4.90 Å². The third-order valence-electron chi connectivity index (χ3n) is 4.81. The van der Waals surface area contributed by atoms with E-state index in [1.165, 1.54) is 9.42 Å². The Hall–Kier alpha value is -2.97. The minimum atomic E-state index is -0.343. The molecule has 30 heavy (non-hydrogen) atoms. The number of H-pyrrole nitrogens is 1. The number of benzene rings is 2. The third-order valence-corrected chi connectivity index (χ3v) is 5.67. The van der Waals surface area contributed by atoms with Gasteiger partial charge in [0.2, 0.25) is 5.95 Å². The number of anilines is 1. The minimum absolute atomic E-state index is 0.200. The van der Waals surface area contributed by atoms with Gasteiger partial charge >= 0.3 is 0 Å². The number of hydrogen-bond acceptors (Lipinski definition) is 4. The number of aryl methyl sites for hydroxylation is 1. The van der Waals surface area contributed by atoms with Gasteiger partial charge in [-0.05, 0) is 43.7 Å². The number of halogens is 2. The van der Waals surface area contributed by atoms with E-state index < -0.39 is 0 Å². The molecule has 0 unspecified atom stereocenters. The number of rotatable bonds is 4. The van der Waals surface area contributed by atoms with Gasteiger partial charge in [-0.3, -0.25) is 19.6 Å². The molecule has 2 heterocycles. The van der Waals surface area contributed by atoms with E-state index in [4.69, 9.17) is 11.6 Å². The summed E-state index contributed by atoms with van der Waals surface area (Å²) in [6, 6.07) is 14.4. The van der Waals surface area contributed by atoms with E-state index >= 15 is 0 Å². The zero-order valence-corrected chi connectivity index (χ0v) is 18.5. The van der Waals surface area contributed by atoms with E-state index in [1.54, 1.807) is 38.1 Å². The number of amides is 1. The molecule has 0 aliphatic heterocycles. The Bertz CT molecular complexity index is 1310. The molecular formula is C21H17BrClN5O2. The molecule has 0 spiro atoms. The summed E-state index contributed by atoms with van der Waals surface area (Å²) in [5.74, 6) is 0.0624. The Morgan fingerprint density at radius 3 is 2.53 bits per heavy atom. The van der Waals surface area contributed by atoms with Gasteiger partial charge in [-0.15, -0.1) is 0 Å². The number of carbonyl (C=O) groups is 1. The quantitative estimate of drug-likeness (QED) is 0.466. The fourth-order valence-electron chi connectivity index (χ4n) is 3.01. The minimum Gasteiger partial charge on any atom is -0.272 e. The SMILES string of the molecule is Cc1nc2nc(N(Cc3ccc(Br)cc3)C(=O)c3ccccc3Cl)[nH]n2c(=O)c1C. The zero-order chi connectivity index (χ0) is 21.4. The summed E-state index contributed by atoms with van der Waals surface area (Å²) < 4.78 is 2.17. The van der Waals surface area contributed by atoms with E-state index in [0.29, 0.717) is 21.8 Å². The molecule has 4 aromatic rings. The van der Waals surface area contributed by atoms with Crippen LogP contribution < -0.4 is 10.5 Å². The summed E-state index contributed by atoms with van der Waals surface area (Å²) in [6.45, 7) is 3.68. The molecule has 9 heteroatoms. The maximum atomic E-state index is 13.4. The lowest BCUT2D eigenvalue weighted by Gasteiger charge is -2.20. The number of fused-ring (bicyclic) bond motifs is 1. The molecular weight excluding hydrogens is 470 g/mol. The van der Waals surface area contributed by atoms with Crippen molar-refractivity contribution in [3.63, 3.8) is 0 Å². The molecule has 0 bridgehead atoms. The van der Waals surface area contributed by atoms with Crippen LogP contribution in [0.4, 0.5) is 5.95 Å². The Kier molecular flexibility index (Phi) is 5.44. The summed E-state index contributed by atoms with van der Waals surface area (Å²) in [4.78, 5) is 36.2. The largest absolute Gasteiger partial charge is 0.277 e. The van der Waals surface area contributed by atoms with Crippen molar-refractivity contribution < 1.29 is 4.79 Å². The van der Waals surface area contributed by atoms with Crippen LogP contribution in [0.1, 0.15) is 27.2 Å². The lowest BCUT2D eigenvalue weighted by Crippen LogP contribution is -2.32. The predicted octanol–water partition coefficient (Wildman–Crippen LogP) is 4.30. The van der Waals surface area contributed by atoms with Crippen molar-refractivity contribution in [3.8, 4) is 0 Å². The summed E-state index contributed by atoms with van der Waals surface area (Å²) in [5, 5.41) is 3.25. The second-order valence-electron chi connectivity index (χ2n) is 6.81. The van der Waals surface area contributed by atoms with Crippen molar-refractivity contribution in [1.82, 2.24) is 19.6 Å². The summed E-state index contributed by atoms with van der Waals surface area (Å²) >= 11 is 9.68. The van der Waals surface area contributed by atoms with Gasteiger partial charge in [-0.1, -0.05) is 51.8 Å². The number of hydrogen-bond donors (Lipinski definition) is 1. The fraction of sp³-hybridized carbons (Fsp3) is 0.143. The maximum Gasteiger partial charge on any atom is 0.277 e. The standard InChI is InChI=1S/C21H17BrClN5O2/c1-12-13(2)24-20-25-21(26-28(20)18(12)29)27(11-14-7-9-15(22)10-8-14)19(30)16-5-3-4-6-17(16)23/h3-10H,11H2,1-2H3,(H,24,25,26). The van der Waals surface area contributed by atoms with Crippen LogP contribution in [0.5, 0.6) is 0 Å². The van der Waals surface area contributed by atoms with E-state index in [9.17, 15) is 9.59 Å². The van der Waals surface area contributed by atoms with E-state index in [0.717, 1.165) is 10.0 Å². The predicted molar refractivity (Wildman–Crippen MR) is 119 cm³/mol. The average molecular weight is 487 g/mol. The highest BCUT2D eigenvalue weighted by molar-refractivity contribution is 9.10. The van der Waals surface area contributed by atoms with Crippen LogP contribution in [0.15, 0.2) is 57.8 Å². The first kappa shape index (κ1) is 20.3. The molecule has 0 saturated carbocycles. The molecule has 2 aromatic carbocycles. The van der Waals surface area contributed by atoms with Crippen molar-refractivity contribution >= 4 is 45.2 Å². The molecule has 0 radical (unpaired) electrons. The Morgan fingerprint density at radius 2 is 1.83 bits per heavy atom. The molecule has 4 rings (SSSR count). The first-order chi connectivity index (χ1) is 14.3. The second kappa shape index (κ2) is 8.04. The first-order valence-electron chi connectivity index (χ1n) is 9.12. The first-order valence-corrected chi connectivity index (χ1v) is 10.3. The third kappa shape index (κ3) is 3.76. The van der Waals surface area contributed by atoms with Crippen LogP contribution >= 0.6 is 27.5 Å². The average Bonchev–Trinajstić information content (AvgIpc) is 3.15. The highest BCUT2D eigenvalue weighted by atomic mass is 79.9. The Balaban J connectivity index is 1.84. The number of aromatic amines is 1. The number of aromatic nitrogens is 4. The van der Waals surface area contributed by atoms with Crippen LogP contribution in [0.3, 0.4) is 0 Å². The van der Waals surface area contributed by atoms with Gasteiger partial charge in [0.15, 0.2) is 0 Å². The molecule has 0 aliphatic rings. The smallest absolute Gasteiger partial charge is 0.272 e. The molecule has 0 aliphatic carbocycles. The topological polar surface area (TPSA) is 83.4 Å². The van der Waals surface area contributed by atoms with Gasteiger partial charge < -0.3 is 0 Å². The molecule has 0 fully saturated rings. The van der Waals surface area contributed by atoms with E-state index in [2.05, 4.69) is 31.0 Å². The van der Waals surface area contributed by atoms with Crippen molar-refractivity contribution in [2.24, 2.45) is 0 Å². The second-order valence-corrected chi connectivity index (χ2v) is 8.13. The lowest BCUT2D eigenvalue weighted by atomic mass is 10.1. The monoisotopic (exact) mass is 485 g/mol. The van der Waals surface area contributed by atoms with Gasteiger partial charge in [0.25, 0.3) is 17.2 Å². The summed E-state index contributed by atoms with van der Waals surface area (Å²) in [6.07, 6.45) is 0. The fourth-order valence-corrected chi connectivity index (χ4v) is 3.49. The molecule has 2 aromatic heterocycles. The Labute approximate surface area is 185 Å². The van der Waals surface area contributed by atoms with Crippen molar-refractivity contribution in [3.05, 3.63) is 90.8 Å². The van der Waals surface area contributed by atoms with Gasteiger partial charge in [0.1, 0.15) is 0 Å². The molecule has 1 N–H and O–H groups in total. The molecule has 0 saturated heterocycles. The summed E-state index contributed by atoms with van der Waals surface area (Å²) in [5.41, 5.74) is 2.07. The van der Waals surface area contributed by atoms with E-state index in [1.807, 2.05) is 24.3 Å². The zero-order valence-electron chi connectivity index (χ0n) is 16.2. The molecule has 152 valence electrons. The van der Waals surface area contributed by atoms with Gasteiger partial charge in [0.05, 0.1) is 17.1 Å². The Morgan fingerprint density at radius 1 is 1.13 bits per heavy atom. The maximum absolute atomic E-state index is 13.4. The highest BCUT2D eigenvalue weighted by Gasteiger charge is 2.24. The molecule has 1 amide bonds. The van der Waals surface area contributed by atoms with Crippen LogP contribution in [0.2, 0.25) is 5.02 Å². The van der Waals surface area contributed by atoms with Crippen LogP contribution in [-0.4, -0.2) is 25.5 Å². The summed E-state index contributed by atoms with van der Waals surface area (Å²) in [7, 11) is 0. The van der Waals surface area contributed by atoms with E-state index in [-0.39, 0.29) is 29.7 Å². The molecule has 7 nitrogen and oxygen atoms in total. The van der Waals surface area contributed by atoms with Gasteiger partial charge in [-0.2, -0.15) is 9.50 Å². The number of carbonyl (C=O) groups excluding carboxylic acids is 1. The van der Waals surface area contributed by atoms with Gasteiger partial charge in [0, 0.05) is 15.7 Å². The van der Waals surface area contributed by atoms with Crippen LogP contribution in [0, 0.1) is 13.8 Å². The normalized spacial score (nSPS) is 11.1. The van der Waals surface area contributed by atoms with Gasteiger partial charge in [-0.25, -0.2) is 4.98 Å².